The standard InChI is InChI=1S/C26H34O2/c27-23-12-24(28)22(26-19-7-15-2-16(9-19)10-20(26)8-15)11-21(23)25-17-3-13-1-14(5-17)6-18(25)4-13/h11-20,25-28H,1-10H2. The minimum absolute atomic E-state index is 0.377. The van der Waals surface area contributed by atoms with E-state index in [1.54, 1.807) is 6.07 Å². The van der Waals surface area contributed by atoms with Crippen LogP contribution in [0, 0.1) is 47.3 Å². The highest BCUT2D eigenvalue weighted by molar-refractivity contribution is 5.50. The van der Waals surface area contributed by atoms with E-state index < -0.39 is 0 Å². The summed E-state index contributed by atoms with van der Waals surface area (Å²) in [5.41, 5.74) is 2.41. The average molecular weight is 379 g/mol. The molecule has 0 spiro atoms. The van der Waals surface area contributed by atoms with E-state index in [9.17, 15) is 10.2 Å². The van der Waals surface area contributed by atoms with Crippen molar-refractivity contribution in [2.45, 2.75) is 76.0 Å². The SMILES string of the molecule is Oc1cc(O)c(C2C3CC4CC(C3)CC2C4)cc1C1C2CC3CC(C2)CC1C3. The first-order valence-electron chi connectivity index (χ1n) is 12.2. The lowest BCUT2D eigenvalue weighted by atomic mass is 9.49. The van der Waals surface area contributed by atoms with Crippen LogP contribution >= 0.6 is 0 Å². The van der Waals surface area contributed by atoms with E-state index in [0.29, 0.717) is 23.3 Å². The second-order valence-electron chi connectivity index (χ2n) is 11.9. The normalized spacial score (nSPS) is 50.4. The number of phenols is 2. The van der Waals surface area contributed by atoms with Crippen molar-refractivity contribution in [3.05, 3.63) is 23.3 Å². The molecule has 0 atom stereocenters. The molecule has 8 aliphatic rings. The topological polar surface area (TPSA) is 40.5 Å². The van der Waals surface area contributed by atoms with Gasteiger partial charge in [-0.05, 0) is 141 Å². The summed E-state index contributed by atoms with van der Waals surface area (Å²) < 4.78 is 0. The molecule has 8 bridgehead atoms. The summed E-state index contributed by atoms with van der Waals surface area (Å²) in [5, 5.41) is 21.8. The first kappa shape index (κ1) is 16.6. The maximum absolute atomic E-state index is 10.9. The van der Waals surface area contributed by atoms with E-state index in [4.69, 9.17) is 0 Å². The van der Waals surface area contributed by atoms with Crippen LogP contribution in [-0.2, 0) is 0 Å². The highest BCUT2D eigenvalue weighted by Crippen LogP contribution is 2.63. The average Bonchev–Trinajstić information content (AvgIpc) is 2.62. The molecule has 2 heteroatoms. The number of aromatic hydroxyl groups is 2. The van der Waals surface area contributed by atoms with Crippen LogP contribution in [0.15, 0.2) is 12.1 Å². The van der Waals surface area contributed by atoms with E-state index in [2.05, 4.69) is 6.07 Å². The predicted octanol–water partition coefficient (Wildman–Crippen LogP) is 6.18. The van der Waals surface area contributed by atoms with Crippen molar-refractivity contribution in [3.8, 4) is 11.5 Å². The van der Waals surface area contributed by atoms with Crippen molar-refractivity contribution < 1.29 is 10.2 Å². The van der Waals surface area contributed by atoms with Crippen molar-refractivity contribution in [3.63, 3.8) is 0 Å². The van der Waals surface area contributed by atoms with Crippen molar-refractivity contribution in [2.24, 2.45) is 47.3 Å². The molecule has 8 aliphatic carbocycles. The highest BCUT2D eigenvalue weighted by Gasteiger charge is 2.51. The summed E-state index contributed by atoms with van der Waals surface area (Å²) >= 11 is 0. The summed E-state index contributed by atoms with van der Waals surface area (Å²) in [7, 11) is 0. The summed E-state index contributed by atoms with van der Waals surface area (Å²) in [6.07, 6.45) is 14.0. The summed E-state index contributed by atoms with van der Waals surface area (Å²) in [6.45, 7) is 0. The predicted molar refractivity (Wildman–Crippen MR) is 109 cm³/mol. The van der Waals surface area contributed by atoms with E-state index in [1.807, 2.05) is 0 Å². The first-order chi connectivity index (χ1) is 13.6. The molecular formula is C26H34O2. The molecule has 0 unspecified atom stereocenters. The number of hydrogen-bond donors (Lipinski definition) is 2. The third-order valence-corrected chi connectivity index (χ3v) is 10.3. The van der Waals surface area contributed by atoms with Gasteiger partial charge in [0.15, 0.2) is 0 Å². The Morgan fingerprint density at radius 2 is 0.786 bits per heavy atom. The molecular weight excluding hydrogens is 344 g/mol. The van der Waals surface area contributed by atoms with Crippen molar-refractivity contribution >= 4 is 0 Å². The number of hydrogen-bond acceptors (Lipinski definition) is 2. The largest absolute Gasteiger partial charge is 0.508 e. The second kappa shape index (κ2) is 5.70. The van der Waals surface area contributed by atoms with Gasteiger partial charge in [0.1, 0.15) is 11.5 Å². The van der Waals surface area contributed by atoms with Crippen LogP contribution < -0.4 is 0 Å². The zero-order chi connectivity index (χ0) is 18.6. The Hall–Kier alpha value is -1.18. The fourth-order valence-electron chi connectivity index (χ4n) is 10.0. The molecule has 8 saturated carbocycles. The van der Waals surface area contributed by atoms with Gasteiger partial charge in [0.25, 0.3) is 0 Å². The Labute approximate surface area is 168 Å². The van der Waals surface area contributed by atoms with Crippen LogP contribution in [0.5, 0.6) is 11.5 Å². The monoisotopic (exact) mass is 378 g/mol. The molecule has 2 N–H and O–H groups in total. The minimum Gasteiger partial charge on any atom is -0.508 e. The van der Waals surface area contributed by atoms with Gasteiger partial charge in [0.05, 0.1) is 0 Å². The maximum atomic E-state index is 10.9. The number of rotatable bonds is 2. The molecule has 1 aromatic rings. The molecule has 8 fully saturated rings. The third-order valence-electron chi connectivity index (χ3n) is 10.3. The van der Waals surface area contributed by atoms with Gasteiger partial charge in [-0.3, -0.25) is 0 Å². The Kier molecular flexibility index (Phi) is 3.38. The summed E-state index contributed by atoms with van der Waals surface area (Å²) in [4.78, 5) is 0. The molecule has 0 saturated heterocycles. The smallest absolute Gasteiger partial charge is 0.122 e. The van der Waals surface area contributed by atoms with Crippen LogP contribution in [0.1, 0.15) is 87.2 Å². The molecule has 0 radical (unpaired) electrons. The third kappa shape index (κ3) is 2.27. The first-order valence-corrected chi connectivity index (χ1v) is 12.2. The second-order valence-corrected chi connectivity index (χ2v) is 11.9. The highest BCUT2D eigenvalue weighted by atomic mass is 16.3. The number of phenolic OH excluding ortho intramolecular Hbond substituents is 2. The van der Waals surface area contributed by atoms with Crippen LogP contribution in [0.25, 0.3) is 0 Å². The molecule has 0 aliphatic heterocycles. The van der Waals surface area contributed by atoms with Gasteiger partial charge < -0.3 is 10.2 Å². The molecule has 2 nitrogen and oxygen atoms in total. The molecule has 0 heterocycles. The summed E-state index contributed by atoms with van der Waals surface area (Å²) in [6, 6.07) is 4.03. The van der Waals surface area contributed by atoms with E-state index in [0.717, 1.165) is 47.3 Å². The van der Waals surface area contributed by atoms with Crippen molar-refractivity contribution in [1.29, 1.82) is 0 Å². The van der Waals surface area contributed by atoms with Crippen LogP contribution in [-0.4, -0.2) is 10.2 Å². The number of benzene rings is 1. The Morgan fingerprint density at radius 1 is 0.464 bits per heavy atom. The van der Waals surface area contributed by atoms with Gasteiger partial charge >= 0.3 is 0 Å². The Morgan fingerprint density at radius 3 is 1.11 bits per heavy atom. The van der Waals surface area contributed by atoms with Crippen LogP contribution in [0.4, 0.5) is 0 Å². The Bertz CT molecular complexity index is 692. The van der Waals surface area contributed by atoms with Gasteiger partial charge in [-0.2, -0.15) is 0 Å². The molecule has 9 rings (SSSR count). The van der Waals surface area contributed by atoms with E-state index >= 15 is 0 Å². The van der Waals surface area contributed by atoms with E-state index in [1.165, 1.54) is 75.3 Å². The molecule has 1 aromatic carbocycles. The van der Waals surface area contributed by atoms with Gasteiger partial charge in [-0.15, -0.1) is 0 Å². The lowest BCUT2D eigenvalue weighted by molar-refractivity contribution is -0.00591. The lowest BCUT2D eigenvalue weighted by Crippen LogP contribution is -2.44. The zero-order valence-electron chi connectivity index (χ0n) is 16.9. The van der Waals surface area contributed by atoms with Crippen LogP contribution in [0.2, 0.25) is 0 Å². The van der Waals surface area contributed by atoms with Crippen molar-refractivity contribution in [1.82, 2.24) is 0 Å². The van der Waals surface area contributed by atoms with Gasteiger partial charge in [-0.25, -0.2) is 0 Å². The maximum Gasteiger partial charge on any atom is 0.122 e. The minimum atomic E-state index is 0.377. The zero-order valence-corrected chi connectivity index (χ0v) is 16.9. The summed E-state index contributed by atoms with van der Waals surface area (Å²) in [5.74, 6) is 8.79. The lowest BCUT2D eigenvalue weighted by Gasteiger charge is -2.55. The van der Waals surface area contributed by atoms with Crippen molar-refractivity contribution in [2.75, 3.05) is 0 Å². The van der Waals surface area contributed by atoms with Gasteiger partial charge in [0.2, 0.25) is 0 Å². The fourth-order valence-corrected chi connectivity index (χ4v) is 10.0. The van der Waals surface area contributed by atoms with E-state index in [-0.39, 0.29) is 0 Å². The Balaban J connectivity index is 1.28. The van der Waals surface area contributed by atoms with Crippen LogP contribution in [0.3, 0.4) is 0 Å². The fraction of sp³-hybridized carbons (Fsp3) is 0.769. The molecule has 0 amide bonds. The molecule has 28 heavy (non-hydrogen) atoms. The molecule has 150 valence electrons. The van der Waals surface area contributed by atoms with Gasteiger partial charge in [-0.1, -0.05) is 0 Å². The quantitative estimate of drug-likeness (QED) is 0.645. The van der Waals surface area contributed by atoms with Gasteiger partial charge in [0, 0.05) is 6.07 Å². The molecule has 0 aromatic heterocycles.